The first kappa shape index (κ1) is 14.6. The molecule has 0 spiro atoms. The van der Waals surface area contributed by atoms with E-state index < -0.39 is 0 Å². The van der Waals surface area contributed by atoms with Gasteiger partial charge in [-0.15, -0.1) is 11.3 Å². The molecule has 0 aliphatic rings. The first-order valence-electron chi connectivity index (χ1n) is 6.63. The Bertz CT molecular complexity index is 505. The van der Waals surface area contributed by atoms with E-state index in [1.165, 1.54) is 27.3 Å². The lowest BCUT2D eigenvalue weighted by Crippen LogP contribution is -2.16. The number of hydrogen-bond acceptors (Lipinski definition) is 3. The second-order valence-electron chi connectivity index (χ2n) is 4.68. The summed E-state index contributed by atoms with van der Waals surface area (Å²) in [6.07, 6.45) is 0. The van der Waals surface area contributed by atoms with Gasteiger partial charge in [-0.05, 0) is 42.0 Å². The number of rotatable bonds is 7. The van der Waals surface area contributed by atoms with E-state index in [0.717, 1.165) is 18.8 Å². The van der Waals surface area contributed by atoms with Gasteiger partial charge in [0.2, 0.25) is 0 Å². The highest BCUT2D eigenvalue weighted by molar-refractivity contribution is 7.98. The second-order valence-corrected chi connectivity index (χ2v) is 6.79. The Kier molecular flexibility index (Phi) is 5.95. The summed E-state index contributed by atoms with van der Waals surface area (Å²) in [5.74, 6) is 2.28. The average Bonchev–Trinajstić information content (AvgIpc) is 2.81. The van der Waals surface area contributed by atoms with E-state index in [9.17, 15) is 0 Å². The predicted molar refractivity (Wildman–Crippen MR) is 88.1 cm³/mol. The molecule has 0 amide bonds. The molecular formula is C16H21NS2. The Morgan fingerprint density at radius 3 is 2.68 bits per heavy atom. The van der Waals surface area contributed by atoms with Crippen LogP contribution in [0, 0.1) is 13.8 Å². The third-order valence-corrected chi connectivity index (χ3v) is 5.23. The SMILES string of the molecule is Cc1ccccc1CSCCNCc1sccc1C. The van der Waals surface area contributed by atoms with Crippen LogP contribution in [0.15, 0.2) is 35.7 Å². The van der Waals surface area contributed by atoms with Gasteiger partial charge in [0.05, 0.1) is 0 Å². The molecule has 1 N–H and O–H groups in total. The molecule has 1 aromatic heterocycles. The van der Waals surface area contributed by atoms with Gasteiger partial charge in [0.15, 0.2) is 0 Å². The molecule has 0 fully saturated rings. The van der Waals surface area contributed by atoms with E-state index in [2.05, 4.69) is 54.9 Å². The van der Waals surface area contributed by atoms with Crippen molar-refractivity contribution in [3.05, 3.63) is 57.3 Å². The number of aryl methyl sites for hydroxylation is 2. The summed E-state index contributed by atoms with van der Waals surface area (Å²) in [7, 11) is 0. The monoisotopic (exact) mass is 291 g/mol. The maximum atomic E-state index is 3.52. The van der Waals surface area contributed by atoms with Gasteiger partial charge in [0, 0.05) is 29.5 Å². The Hall–Kier alpha value is -0.770. The summed E-state index contributed by atoms with van der Waals surface area (Å²) in [6.45, 7) is 6.45. The molecule has 3 heteroatoms. The van der Waals surface area contributed by atoms with Crippen molar-refractivity contribution in [3.63, 3.8) is 0 Å². The molecule has 0 aliphatic carbocycles. The van der Waals surface area contributed by atoms with Gasteiger partial charge in [-0.1, -0.05) is 24.3 Å². The topological polar surface area (TPSA) is 12.0 Å². The van der Waals surface area contributed by atoms with Gasteiger partial charge >= 0.3 is 0 Å². The minimum absolute atomic E-state index is 1.01. The standard InChI is InChI=1S/C16H21NS2/c1-13-5-3-4-6-15(13)12-18-10-8-17-11-16-14(2)7-9-19-16/h3-7,9,17H,8,10-12H2,1-2H3. The third kappa shape index (κ3) is 4.68. The largest absolute Gasteiger partial charge is 0.311 e. The summed E-state index contributed by atoms with van der Waals surface area (Å²) < 4.78 is 0. The predicted octanol–water partition coefficient (Wildman–Crippen LogP) is 4.39. The van der Waals surface area contributed by atoms with Crippen LogP contribution in [0.3, 0.4) is 0 Å². The van der Waals surface area contributed by atoms with E-state index in [1.54, 1.807) is 0 Å². The van der Waals surface area contributed by atoms with Crippen LogP contribution in [-0.2, 0) is 12.3 Å². The highest BCUT2D eigenvalue weighted by atomic mass is 32.2. The first-order valence-corrected chi connectivity index (χ1v) is 8.67. The van der Waals surface area contributed by atoms with Crippen molar-refractivity contribution >= 4 is 23.1 Å². The number of hydrogen-bond donors (Lipinski definition) is 1. The Morgan fingerprint density at radius 2 is 1.95 bits per heavy atom. The molecule has 0 saturated carbocycles. The zero-order valence-electron chi connectivity index (χ0n) is 11.6. The number of nitrogens with one attached hydrogen (secondary N) is 1. The van der Waals surface area contributed by atoms with Crippen LogP contribution in [-0.4, -0.2) is 12.3 Å². The van der Waals surface area contributed by atoms with Crippen LogP contribution >= 0.6 is 23.1 Å². The van der Waals surface area contributed by atoms with E-state index in [0.29, 0.717) is 0 Å². The molecule has 2 rings (SSSR count). The Labute approximate surface area is 124 Å². The van der Waals surface area contributed by atoms with E-state index in [4.69, 9.17) is 0 Å². The van der Waals surface area contributed by atoms with Crippen LogP contribution in [0.4, 0.5) is 0 Å². The molecule has 0 atom stereocenters. The summed E-state index contributed by atoms with van der Waals surface area (Å²) in [5, 5.41) is 5.69. The van der Waals surface area contributed by atoms with Crippen molar-refractivity contribution in [2.45, 2.75) is 26.1 Å². The van der Waals surface area contributed by atoms with Crippen molar-refractivity contribution in [2.24, 2.45) is 0 Å². The Balaban J connectivity index is 1.60. The maximum Gasteiger partial charge on any atom is 0.0302 e. The number of thioether (sulfide) groups is 1. The fourth-order valence-corrected chi connectivity index (χ4v) is 3.74. The van der Waals surface area contributed by atoms with Crippen molar-refractivity contribution in [1.82, 2.24) is 5.32 Å². The van der Waals surface area contributed by atoms with E-state index in [-0.39, 0.29) is 0 Å². The molecule has 0 unspecified atom stereocenters. The van der Waals surface area contributed by atoms with Gasteiger partial charge < -0.3 is 5.32 Å². The lowest BCUT2D eigenvalue weighted by atomic mass is 10.1. The van der Waals surface area contributed by atoms with Gasteiger partial charge in [-0.25, -0.2) is 0 Å². The molecule has 0 bridgehead atoms. The van der Waals surface area contributed by atoms with Gasteiger partial charge in [0.1, 0.15) is 0 Å². The third-order valence-electron chi connectivity index (χ3n) is 3.20. The molecule has 19 heavy (non-hydrogen) atoms. The molecule has 102 valence electrons. The van der Waals surface area contributed by atoms with Crippen LogP contribution in [0.1, 0.15) is 21.6 Å². The number of thiophene rings is 1. The highest BCUT2D eigenvalue weighted by Gasteiger charge is 1.99. The van der Waals surface area contributed by atoms with Crippen molar-refractivity contribution in [1.29, 1.82) is 0 Å². The van der Waals surface area contributed by atoms with Crippen molar-refractivity contribution in [3.8, 4) is 0 Å². The fraction of sp³-hybridized carbons (Fsp3) is 0.375. The molecule has 1 nitrogen and oxygen atoms in total. The minimum atomic E-state index is 1.01. The number of benzene rings is 1. The minimum Gasteiger partial charge on any atom is -0.311 e. The van der Waals surface area contributed by atoms with Crippen molar-refractivity contribution in [2.75, 3.05) is 12.3 Å². The summed E-state index contributed by atoms with van der Waals surface area (Å²) >= 11 is 3.85. The quantitative estimate of drug-likeness (QED) is 0.759. The Morgan fingerprint density at radius 1 is 1.11 bits per heavy atom. The average molecular weight is 291 g/mol. The van der Waals surface area contributed by atoms with Crippen LogP contribution in [0.25, 0.3) is 0 Å². The van der Waals surface area contributed by atoms with Gasteiger partial charge in [0.25, 0.3) is 0 Å². The first-order chi connectivity index (χ1) is 9.27. The van der Waals surface area contributed by atoms with E-state index in [1.807, 2.05) is 23.1 Å². The molecule has 0 aliphatic heterocycles. The fourth-order valence-electron chi connectivity index (χ4n) is 1.89. The highest BCUT2D eigenvalue weighted by Crippen LogP contribution is 2.16. The van der Waals surface area contributed by atoms with Gasteiger partial charge in [-0.3, -0.25) is 0 Å². The molecule has 1 heterocycles. The van der Waals surface area contributed by atoms with Crippen LogP contribution in [0.5, 0.6) is 0 Å². The van der Waals surface area contributed by atoms with Crippen LogP contribution in [0.2, 0.25) is 0 Å². The lowest BCUT2D eigenvalue weighted by Gasteiger charge is -2.06. The van der Waals surface area contributed by atoms with E-state index >= 15 is 0 Å². The molecular weight excluding hydrogens is 270 g/mol. The zero-order chi connectivity index (χ0) is 13.5. The van der Waals surface area contributed by atoms with Gasteiger partial charge in [-0.2, -0.15) is 11.8 Å². The summed E-state index contributed by atoms with van der Waals surface area (Å²) in [6, 6.07) is 10.8. The van der Waals surface area contributed by atoms with Crippen molar-refractivity contribution < 1.29 is 0 Å². The summed E-state index contributed by atoms with van der Waals surface area (Å²) in [4.78, 5) is 1.46. The summed E-state index contributed by atoms with van der Waals surface area (Å²) in [5.41, 5.74) is 4.27. The lowest BCUT2D eigenvalue weighted by molar-refractivity contribution is 0.738. The molecule has 0 radical (unpaired) electrons. The molecule has 1 aromatic carbocycles. The second kappa shape index (κ2) is 7.73. The molecule has 2 aromatic rings. The maximum absolute atomic E-state index is 3.52. The van der Waals surface area contributed by atoms with Crippen LogP contribution < -0.4 is 5.32 Å². The zero-order valence-corrected chi connectivity index (χ0v) is 13.2. The normalized spacial score (nSPS) is 10.8. The smallest absolute Gasteiger partial charge is 0.0302 e. The molecule has 0 saturated heterocycles.